The molecular weight excluding hydrogens is 921 g/mol. The minimum absolute atomic E-state index is 0.0123. The fourth-order valence-corrected chi connectivity index (χ4v) is 22.9. The third kappa shape index (κ3) is 5.20. The highest BCUT2D eigenvalue weighted by Gasteiger charge is 2.50. The van der Waals surface area contributed by atoms with Gasteiger partial charge in [-0.15, -0.1) is 0 Å². The third-order valence-electron chi connectivity index (χ3n) is 20.5. The van der Waals surface area contributed by atoms with Crippen LogP contribution in [0.4, 0.5) is 0 Å². The van der Waals surface area contributed by atoms with Crippen LogP contribution in [0, 0.1) is 0 Å². The Labute approximate surface area is 439 Å². The second kappa shape index (κ2) is 14.3. The van der Waals surface area contributed by atoms with Crippen LogP contribution in [0.3, 0.4) is 0 Å². The molecule has 0 bridgehead atoms. The molecule has 16 rings (SSSR count). The van der Waals surface area contributed by atoms with Gasteiger partial charge in [0.25, 0.3) is 0 Å². The molecule has 74 heavy (non-hydrogen) atoms. The molecule has 2 aliphatic heterocycles. The van der Waals surface area contributed by atoms with E-state index in [1.165, 1.54) is 154 Å². The molecule has 2 heteroatoms. The first kappa shape index (κ1) is 43.5. The summed E-state index contributed by atoms with van der Waals surface area (Å²) in [5, 5.41) is 11.8. The molecule has 4 aliphatic carbocycles. The molecule has 1 spiro atoms. The van der Waals surface area contributed by atoms with Gasteiger partial charge in [-0.05, 0) is 203 Å². The molecule has 0 radical (unpaired) electrons. The van der Waals surface area contributed by atoms with Crippen LogP contribution >= 0.6 is 0 Å². The molecule has 0 atom stereocenters. The highest BCUT2D eigenvalue weighted by atomic mass is 28.3. The highest BCUT2D eigenvalue weighted by molar-refractivity contribution is 7.04. The minimum atomic E-state index is -1.85. The van der Waals surface area contributed by atoms with Gasteiger partial charge < -0.3 is 0 Å². The fourth-order valence-electron chi connectivity index (χ4n) is 16.7. The summed E-state index contributed by atoms with van der Waals surface area (Å²) in [6.45, 7) is 20.2. The lowest BCUT2D eigenvalue weighted by molar-refractivity contribution is 0.353. The smallest absolute Gasteiger partial charge is 0.0623 e. The topological polar surface area (TPSA) is 0 Å². The Hall–Kier alpha value is -6.85. The first-order chi connectivity index (χ1) is 35.7. The zero-order valence-electron chi connectivity index (χ0n) is 44.2. The summed E-state index contributed by atoms with van der Waals surface area (Å²) in [5.74, 6) is 0. The maximum atomic E-state index is 2.74. The number of hydrogen-bond donors (Lipinski definition) is 0. The molecule has 0 unspecified atom stereocenters. The molecule has 358 valence electrons. The van der Waals surface area contributed by atoms with Gasteiger partial charge in [-0.2, -0.15) is 0 Å². The molecule has 0 nitrogen and oxygen atoms in total. The molecule has 10 aromatic rings. The van der Waals surface area contributed by atoms with Crippen molar-refractivity contribution in [3.63, 3.8) is 0 Å². The third-order valence-corrected chi connectivity index (χ3v) is 27.6. The van der Waals surface area contributed by atoms with E-state index in [0.29, 0.717) is 0 Å². The van der Waals surface area contributed by atoms with Crippen molar-refractivity contribution < 1.29 is 0 Å². The first-order valence-electron chi connectivity index (χ1n) is 27.7. The van der Waals surface area contributed by atoms with E-state index in [0.717, 1.165) is 0 Å². The normalized spacial score (nSPS) is 18.3. The molecule has 0 saturated heterocycles. The van der Waals surface area contributed by atoms with E-state index in [4.69, 9.17) is 0 Å². The quantitative estimate of drug-likeness (QED) is 0.151. The zero-order chi connectivity index (χ0) is 50.0. The van der Waals surface area contributed by atoms with Crippen LogP contribution in [0.1, 0.15) is 93.2 Å². The van der Waals surface area contributed by atoms with Crippen LogP contribution in [0.15, 0.2) is 170 Å². The Bertz CT molecular complexity index is 3960. The number of fused-ring (bicyclic) bond motifs is 21. The largest absolute Gasteiger partial charge is 0.113 e. The molecule has 1 fully saturated rings. The summed E-state index contributed by atoms with van der Waals surface area (Å²) < 4.78 is 0. The maximum absolute atomic E-state index is 2.74. The predicted octanol–water partition coefficient (Wildman–Crippen LogP) is 16.8. The monoisotopic (exact) mass is 982 g/mol. The van der Waals surface area contributed by atoms with Crippen molar-refractivity contribution >= 4 is 58.4 Å². The van der Waals surface area contributed by atoms with Crippen LogP contribution in [-0.4, -0.2) is 16.1 Å². The summed E-state index contributed by atoms with van der Waals surface area (Å²) >= 11 is 0. The molecule has 1 saturated carbocycles. The molecule has 0 N–H and O–H groups in total. The van der Waals surface area contributed by atoms with Gasteiger partial charge in [0.05, 0.1) is 0 Å². The Balaban J connectivity index is 0.895. The van der Waals surface area contributed by atoms with E-state index in [1.807, 2.05) is 0 Å². The van der Waals surface area contributed by atoms with E-state index in [9.17, 15) is 0 Å². The van der Waals surface area contributed by atoms with Crippen molar-refractivity contribution in [2.45, 2.75) is 102 Å². The van der Waals surface area contributed by atoms with Crippen molar-refractivity contribution in [3.05, 3.63) is 203 Å². The summed E-state index contributed by atoms with van der Waals surface area (Å²) in [4.78, 5) is 0. The summed E-state index contributed by atoms with van der Waals surface area (Å²) in [7, 11) is -3.71. The summed E-state index contributed by atoms with van der Waals surface area (Å²) in [6.07, 6.45) is 6.26. The zero-order valence-corrected chi connectivity index (χ0v) is 46.2. The van der Waals surface area contributed by atoms with Gasteiger partial charge in [-0.1, -0.05) is 207 Å². The van der Waals surface area contributed by atoms with Crippen molar-refractivity contribution in [1.29, 1.82) is 0 Å². The Morgan fingerprint density at radius 2 is 0.635 bits per heavy atom. The van der Waals surface area contributed by atoms with Gasteiger partial charge in [-0.25, -0.2) is 0 Å². The molecule has 10 aromatic carbocycles. The highest BCUT2D eigenvalue weighted by Crippen LogP contribution is 2.64. The lowest BCUT2D eigenvalue weighted by atomic mass is 9.67. The lowest BCUT2D eigenvalue weighted by Crippen LogP contribution is -2.49. The SMILES string of the molecule is CC1(C)c2cc3c(cc2-c2c1cc(-c1cccc4c1-c1ccccc1[Si]4(C)C)c1ccccc21)C1(CCCCC1)c1cc2c(cc1-3)C(C)(C)c1cc(-c3cccc4c3-c3ccccc3[Si]4(C)C)c3ccccc3c1-2. The number of rotatable bonds is 2. The standard InChI is InChI=1S/C72H62Si2/c1-70(2)56-38-52-53-39-57-55(67-45-25-13-11-23-43(45)51(37-61(67)71(57,3)4)47-29-21-33-65-69(47)49-27-15-17-31-63(49)74(65,7)8)41-59(53)72(34-18-9-19-35-72)58(52)40-54(56)66-44-24-12-10-22-42(44)50(36-60(66)70)46-28-20-32-64-68(46)48-26-14-16-30-62(48)73(64,5)6/h10-17,20-33,36-41H,9,18-19,34-35H2,1-8H3. The van der Waals surface area contributed by atoms with Crippen LogP contribution in [0.2, 0.25) is 26.2 Å². The summed E-state index contributed by atoms with van der Waals surface area (Å²) in [6, 6.07) is 67.9. The molecular formula is C72H62Si2. The van der Waals surface area contributed by atoms with Crippen LogP contribution in [0.25, 0.3) is 99.4 Å². The van der Waals surface area contributed by atoms with Crippen LogP contribution < -0.4 is 20.7 Å². The first-order valence-corrected chi connectivity index (χ1v) is 33.7. The van der Waals surface area contributed by atoms with Crippen molar-refractivity contribution in [3.8, 4) is 77.9 Å². The molecule has 2 heterocycles. The number of hydrogen-bond acceptors (Lipinski definition) is 0. The lowest BCUT2D eigenvalue weighted by Gasteiger charge is -2.36. The van der Waals surface area contributed by atoms with Crippen molar-refractivity contribution in [2.24, 2.45) is 0 Å². The van der Waals surface area contributed by atoms with Gasteiger partial charge in [0, 0.05) is 16.2 Å². The predicted molar refractivity (Wildman–Crippen MR) is 321 cm³/mol. The van der Waals surface area contributed by atoms with E-state index in [2.05, 4.69) is 224 Å². The van der Waals surface area contributed by atoms with Gasteiger partial charge in [-0.3, -0.25) is 0 Å². The summed E-state index contributed by atoms with van der Waals surface area (Å²) in [5.41, 5.74) is 28.8. The number of benzene rings is 10. The van der Waals surface area contributed by atoms with Crippen molar-refractivity contribution in [2.75, 3.05) is 0 Å². The maximum Gasteiger partial charge on any atom is 0.113 e. The van der Waals surface area contributed by atoms with E-state index in [-0.39, 0.29) is 16.2 Å². The van der Waals surface area contributed by atoms with Crippen molar-refractivity contribution in [1.82, 2.24) is 0 Å². The fraction of sp³-hybridized carbons (Fsp3) is 0.222. The van der Waals surface area contributed by atoms with E-state index < -0.39 is 16.1 Å². The van der Waals surface area contributed by atoms with E-state index in [1.54, 1.807) is 31.9 Å². The van der Waals surface area contributed by atoms with Crippen LogP contribution in [-0.2, 0) is 16.2 Å². The Morgan fingerprint density at radius 1 is 0.284 bits per heavy atom. The molecule has 0 amide bonds. The molecule has 0 aromatic heterocycles. The average molecular weight is 983 g/mol. The average Bonchev–Trinajstić information content (AvgIpc) is 4.06. The second-order valence-electron chi connectivity index (χ2n) is 25.4. The molecule has 6 aliphatic rings. The van der Waals surface area contributed by atoms with Gasteiger partial charge >= 0.3 is 0 Å². The Morgan fingerprint density at radius 3 is 1.08 bits per heavy atom. The van der Waals surface area contributed by atoms with Gasteiger partial charge in [0.1, 0.15) is 16.1 Å². The minimum Gasteiger partial charge on any atom is -0.0623 e. The van der Waals surface area contributed by atoms with Gasteiger partial charge in [0.15, 0.2) is 0 Å². The second-order valence-corrected chi connectivity index (χ2v) is 34.0. The Kier molecular flexibility index (Phi) is 8.41. The van der Waals surface area contributed by atoms with E-state index >= 15 is 0 Å². The van der Waals surface area contributed by atoms with Gasteiger partial charge in [0.2, 0.25) is 0 Å². The van der Waals surface area contributed by atoms with Crippen LogP contribution in [0.5, 0.6) is 0 Å².